The van der Waals surface area contributed by atoms with E-state index in [1.807, 2.05) is 0 Å². The van der Waals surface area contributed by atoms with Crippen molar-refractivity contribution >= 4 is 27.4 Å². The monoisotopic (exact) mass is 308 g/mol. The molecule has 1 aromatic heterocycles. The predicted molar refractivity (Wildman–Crippen MR) is 76.4 cm³/mol. The first kappa shape index (κ1) is 14.7. The topological polar surface area (TPSA) is 121 Å². The van der Waals surface area contributed by atoms with E-state index in [1.165, 1.54) is 37.3 Å². The number of aromatic amines is 1. The van der Waals surface area contributed by atoms with Crippen LogP contribution in [0.3, 0.4) is 0 Å². The second kappa shape index (κ2) is 5.75. The van der Waals surface area contributed by atoms with Crippen molar-refractivity contribution in [1.82, 2.24) is 10.2 Å². The average molecular weight is 308 g/mol. The van der Waals surface area contributed by atoms with Gasteiger partial charge in [0.1, 0.15) is 0 Å². The molecule has 0 radical (unpaired) electrons. The van der Waals surface area contributed by atoms with Crippen LogP contribution in [0.4, 0.5) is 11.5 Å². The molecule has 1 amide bonds. The van der Waals surface area contributed by atoms with Crippen molar-refractivity contribution in [3.63, 3.8) is 0 Å². The number of rotatable bonds is 4. The number of hydrogen-bond acceptors (Lipinski definition) is 5. The van der Waals surface area contributed by atoms with Crippen molar-refractivity contribution in [2.24, 2.45) is 0 Å². The van der Waals surface area contributed by atoms with Gasteiger partial charge in [-0.05, 0) is 30.3 Å². The van der Waals surface area contributed by atoms with Crippen molar-refractivity contribution < 1.29 is 13.2 Å². The van der Waals surface area contributed by atoms with Crippen LogP contribution in [0.15, 0.2) is 46.1 Å². The van der Waals surface area contributed by atoms with Crippen LogP contribution in [0.5, 0.6) is 0 Å². The minimum atomic E-state index is -3.82. The van der Waals surface area contributed by atoms with Crippen molar-refractivity contribution in [3.8, 4) is 0 Å². The zero-order valence-electron chi connectivity index (χ0n) is 11.0. The maximum absolute atomic E-state index is 12.1. The highest BCUT2D eigenvalue weighted by molar-refractivity contribution is 7.92. The highest BCUT2D eigenvalue weighted by Gasteiger charge is 2.14. The van der Waals surface area contributed by atoms with Gasteiger partial charge in [0, 0.05) is 18.7 Å². The first-order valence-corrected chi connectivity index (χ1v) is 7.31. The van der Waals surface area contributed by atoms with Crippen molar-refractivity contribution in [2.45, 2.75) is 11.8 Å². The Morgan fingerprint density at radius 2 is 1.81 bits per heavy atom. The molecule has 0 bridgehead atoms. The lowest BCUT2D eigenvalue weighted by Gasteiger charge is -2.07. The summed E-state index contributed by atoms with van der Waals surface area (Å²) in [7, 11) is -3.82. The van der Waals surface area contributed by atoms with Gasteiger partial charge < -0.3 is 5.32 Å². The van der Waals surface area contributed by atoms with E-state index in [9.17, 15) is 18.0 Å². The van der Waals surface area contributed by atoms with E-state index >= 15 is 0 Å². The van der Waals surface area contributed by atoms with Gasteiger partial charge >= 0.3 is 0 Å². The summed E-state index contributed by atoms with van der Waals surface area (Å²) < 4.78 is 26.4. The molecule has 9 heteroatoms. The van der Waals surface area contributed by atoms with Crippen molar-refractivity contribution in [3.05, 3.63) is 46.8 Å². The maximum atomic E-state index is 12.1. The molecule has 2 aromatic rings. The van der Waals surface area contributed by atoms with Gasteiger partial charge in [-0.2, -0.15) is 5.10 Å². The van der Waals surface area contributed by atoms with Crippen LogP contribution in [-0.2, 0) is 14.8 Å². The molecule has 0 fully saturated rings. The molecule has 0 saturated carbocycles. The lowest BCUT2D eigenvalue weighted by Crippen LogP contribution is -2.16. The van der Waals surface area contributed by atoms with Crippen molar-refractivity contribution in [1.29, 1.82) is 0 Å². The summed E-state index contributed by atoms with van der Waals surface area (Å²) in [6.07, 6.45) is 0. The van der Waals surface area contributed by atoms with Crippen molar-refractivity contribution in [2.75, 3.05) is 10.0 Å². The van der Waals surface area contributed by atoms with Gasteiger partial charge in [0.2, 0.25) is 5.91 Å². The fraction of sp³-hybridized carbons (Fsp3) is 0.0833. The van der Waals surface area contributed by atoms with E-state index < -0.39 is 15.6 Å². The predicted octanol–water partition coefficient (Wildman–Crippen LogP) is 0.529. The second-order valence-electron chi connectivity index (χ2n) is 4.12. The Hall–Kier alpha value is -2.68. The van der Waals surface area contributed by atoms with Gasteiger partial charge in [-0.1, -0.05) is 0 Å². The van der Waals surface area contributed by atoms with Crippen LogP contribution >= 0.6 is 0 Å². The molecule has 0 unspecified atom stereocenters. The summed E-state index contributed by atoms with van der Waals surface area (Å²) in [5, 5.41) is 8.22. The molecular weight excluding hydrogens is 296 g/mol. The van der Waals surface area contributed by atoms with Crippen LogP contribution in [0, 0.1) is 0 Å². The van der Waals surface area contributed by atoms with Crippen LogP contribution in [0.25, 0.3) is 0 Å². The molecule has 0 spiro atoms. The standard InChI is InChI=1S/C12H12N4O4S/c1-8(17)13-9-2-4-10(5-3-9)21(19,20)16-11-6-7-12(18)15-14-11/h2-7H,1H3,(H,13,17)(H,14,16)(H,15,18). The maximum Gasteiger partial charge on any atom is 0.264 e. The fourth-order valence-corrected chi connectivity index (χ4v) is 2.52. The Kier molecular flexibility index (Phi) is 4.03. The van der Waals surface area contributed by atoms with Gasteiger partial charge in [0.05, 0.1) is 4.90 Å². The molecule has 110 valence electrons. The van der Waals surface area contributed by atoms with E-state index in [1.54, 1.807) is 0 Å². The largest absolute Gasteiger partial charge is 0.326 e. The summed E-state index contributed by atoms with van der Waals surface area (Å²) in [6.45, 7) is 1.36. The number of nitrogens with zero attached hydrogens (tertiary/aromatic N) is 1. The van der Waals surface area contributed by atoms with Crippen LogP contribution < -0.4 is 15.6 Å². The molecule has 8 nitrogen and oxygen atoms in total. The molecule has 0 aliphatic heterocycles. The van der Waals surface area contributed by atoms with Gasteiger partial charge in [-0.3, -0.25) is 14.3 Å². The SMILES string of the molecule is CC(=O)Nc1ccc(S(=O)(=O)Nc2ccc(=O)[nH]n2)cc1. The summed E-state index contributed by atoms with van der Waals surface area (Å²) in [4.78, 5) is 21.7. The third-order valence-electron chi connectivity index (χ3n) is 2.40. The van der Waals surface area contributed by atoms with Crippen LogP contribution in [0.1, 0.15) is 6.92 Å². The summed E-state index contributed by atoms with van der Waals surface area (Å²) in [5.74, 6) is -0.248. The highest BCUT2D eigenvalue weighted by Crippen LogP contribution is 2.16. The Labute approximate surface area is 120 Å². The first-order valence-electron chi connectivity index (χ1n) is 5.83. The number of benzene rings is 1. The van der Waals surface area contributed by atoms with E-state index in [4.69, 9.17) is 0 Å². The smallest absolute Gasteiger partial charge is 0.264 e. The molecule has 3 N–H and O–H groups in total. The normalized spacial score (nSPS) is 10.9. The van der Waals surface area contributed by atoms with E-state index in [2.05, 4.69) is 20.2 Å². The third kappa shape index (κ3) is 3.89. The molecule has 0 atom stereocenters. The summed E-state index contributed by atoms with van der Waals surface area (Å²) >= 11 is 0. The molecule has 1 heterocycles. The number of anilines is 2. The van der Waals surface area contributed by atoms with Gasteiger partial charge in [-0.15, -0.1) is 0 Å². The fourth-order valence-electron chi connectivity index (χ4n) is 1.52. The summed E-state index contributed by atoms with van der Waals surface area (Å²) in [5.41, 5.74) is 0.0567. The Balaban J connectivity index is 2.21. The number of H-pyrrole nitrogens is 1. The average Bonchev–Trinajstić information content (AvgIpc) is 2.41. The summed E-state index contributed by atoms with van der Waals surface area (Å²) in [6, 6.07) is 8.04. The Bertz CT molecular complexity index is 791. The molecule has 0 aliphatic rings. The lowest BCUT2D eigenvalue weighted by atomic mass is 10.3. The number of hydrogen-bond donors (Lipinski definition) is 3. The second-order valence-corrected chi connectivity index (χ2v) is 5.80. The molecule has 1 aromatic carbocycles. The third-order valence-corrected chi connectivity index (χ3v) is 3.77. The number of sulfonamides is 1. The van der Waals surface area contributed by atoms with Gasteiger partial charge in [0.25, 0.3) is 15.6 Å². The number of carbonyl (C=O) groups is 1. The van der Waals surface area contributed by atoms with Gasteiger partial charge in [-0.25, -0.2) is 13.5 Å². The first-order chi connectivity index (χ1) is 9.87. The van der Waals surface area contributed by atoms with E-state index in [0.29, 0.717) is 5.69 Å². The zero-order chi connectivity index (χ0) is 15.5. The number of aromatic nitrogens is 2. The molecule has 0 saturated heterocycles. The van der Waals surface area contributed by atoms with Crippen LogP contribution in [0.2, 0.25) is 0 Å². The lowest BCUT2D eigenvalue weighted by molar-refractivity contribution is -0.114. The van der Waals surface area contributed by atoms with Gasteiger partial charge in [0.15, 0.2) is 5.82 Å². The minimum Gasteiger partial charge on any atom is -0.326 e. The molecule has 21 heavy (non-hydrogen) atoms. The number of amides is 1. The quantitative estimate of drug-likeness (QED) is 0.760. The number of carbonyl (C=O) groups excluding carboxylic acids is 1. The molecule has 0 aliphatic carbocycles. The van der Waals surface area contributed by atoms with Crippen LogP contribution in [-0.4, -0.2) is 24.5 Å². The minimum absolute atomic E-state index is 0.000498. The number of nitrogens with one attached hydrogen (secondary N) is 3. The zero-order valence-corrected chi connectivity index (χ0v) is 11.8. The van der Waals surface area contributed by atoms with E-state index in [0.717, 1.165) is 6.07 Å². The highest BCUT2D eigenvalue weighted by atomic mass is 32.2. The molecular formula is C12H12N4O4S. The van der Waals surface area contributed by atoms with E-state index in [-0.39, 0.29) is 16.6 Å². The Morgan fingerprint density at radius 1 is 1.14 bits per heavy atom. The molecule has 2 rings (SSSR count). The Morgan fingerprint density at radius 3 is 2.33 bits per heavy atom.